The maximum Gasteiger partial charge on any atom is 0.235 e. The van der Waals surface area contributed by atoms with Crippen molar-refractivity contribution in [3.8, 4) is 90.8 Å². The first kappa shape index (κ1) is 83.7. The number of thiophene rings is 1. The zero-order chi connectivity index (χ0) is 96.8. The monoisotopic (exact) mass is 1890 g/mol. The van der Waals surface area contributed by atoms with Crippen LogP contribution >= 0.6 is 11.3 Å². The molecule has 11 heteroatoms. The van der Waals surface area contributed by atoms with Gasteiger partial charge in [0, 0.05) is 124 Å². The van der Waals surface area contributed by atoms with E-state index in [0.29, 0.717) is 23.4 Å². The van der Waals surface area contributed by atoms with Gasteiger partial charge in [0.05, 0.1) is 60.9 Å². The molecule has 8 aromatic heterocycles. The van der Waals surface area contributed by atoms with Gasteiger partial charge in [-0.3, -0.25) is 4.57 Å². The summed E-state index contributed by atoms with van der Waals surface area (Å²) in [6.07, 6.45) is 0. The molecule has 0 saturated heterocycles. The molecule has 10 nitrogen and oxygen atoms in total. The van der Waals surface area contributed by atoms with Gasteiger partial charge < -0.3 is 18.1 Å². The van der Waals surface area contributed by atoms with Crippen LogP contribution in [0.1, 0.15) is 25.0 Å². The molecule has 1 aliphatic carbocycles. The van der Waals surface area contributed by atoms with Gasteiger partial charge in [0.15, 0.2) is 17.5 Å². The number of benzene rings is 23. The van der Waals surface area contributed by atoms with Crippen molar-refractivity contribution >= 4 is 205 Å². The Morgan fingerprint density at radius 3 is 1.18 bits per heavy atom. The molecule has 0 fully saturated rings. The Kier molecular flexibility index (Phi) is 18.8. The second-order valence-electron chi connectivity index (χ2n) is 39.1. The van der Waals surface area contributed by atoms with Crippen LogP contribution in [0.25, 0.3) is 285 Å². The predicted molar refractivity (Wildman–Crippen MR) is 616 cm³/mol. The fourth-order valence-electron chi connectivity index (χ4n) is 24.0. The van der Waals surface area contributed by atoms with Gasteiger partial charge in [-0.25, -0.2) is 24.9 Å². The molecule has 23 aromatic carbocycles. The van der Waals surface area contributed by atoms with Crippen molar-refractivity contribution in [1.82, 2.24) is 43.2 Å². The highest BCUT2D eigenvalue weighted by molar-refractivity contribution is 7.27. The molecule has 0 saturated carbocycles. The third kappa shape index (κ3) is 13.1. The van der Waals surface area contributed by atoms with Crippen LogP contribution in [0.15, 0.2) is 484 Å². The Labute approximate surface area is 847 Å². The fourth-order valence-corrected chi connectivity index (χ4v) is 25.3. The first-order valence-corrected chi connectivity index (χ1v) is 51.0. The van der Waals surface area contributed by atoms with E-state index in [1.54, 1.807) is 0 Å². The molecule has 0 atom stereocenters. The molecule has 1 aliphatic rings. The van der Waals surface area contributed by atoms with Crippen molar-refractivity contribution < 1.29 is 4.42 Å². The van der Waals surface area contributed by atoms with Crippen molar-refractivity contribution in [3.63, 3.8) is 0 Å². The Morgan fingerprint density at radius 2 is 0.605 bits per heavy atom. The minimum absolute atomic E-state index is 0.0853. The summed E-state index contributed by atoms with van der Waals surface area (Å²) >= 11 is 1.88. The van der Waals surface area contributed by atoms with Crippen LogP contribution in [-0.4, -0.2) is 43.2 Å². The molecule has 686 valence electrons. The van der Waals surface area contributed by atoms with Crippen LogP contribution in [0.4, 0.5) is 0 Å². The Bertz CT molecular complexity index is 10800. The van der Waals surface area contributed by atoms with Crippen LogP contribution in [-0.2, 0) is 5.41 Å². The highest BCUT2D eigenvalue weighted by atomic mass is 32.1. The standard InChI is InChI=1S/C47H28N4O.C47H32N2.C42H25N3S/c1-3-13-31(14-4-1)45-48-46(32-15-5-2-6-16-32)50-47(49-45)33-19-23-34(24-20-33)51-38-26-21-29-11-8-10-18-36(29)42(38)43-39(51)27-25-37-41-35-17-9-7-12-30(35)22-28-40(41)52-44(37)43;1-47(2)38-19-11-10-18-35(38)36-24-22-32(28-39(36)47)49-41-26-27-42-45(44(41)37-23-20-30-13-7-9-17-34(30)46(37)49)43-33-16-8-6-12-29(33)21-25-40(43)48(42)31-14-4-3-5-15-31;1-3-12-27(13-4-1)34-25-35(28-14-5-2-6-15-28)44-42(43-34)45-36-21-19-26-11-9-10-18-31(26)39(36)40-37(45)22-20-32-33-23-29-16-7-8-17-30(29)24-38(33)46-41(32)40/h1-28H;3-28H,1-2H3;1-25H. The van der Waals surface area contributed by atoms with E-state index in [1.807, 2.05) is 84.1 Å². The quantitative estimate of drug-likeness (QED) is 0.143. The van der Waals surface area contributed by atoms with Crippen LogP contribution in [0.3, 0.4) is 0 Å². The summed E-state index contributed by atoms with van der Waals surface area (Å²) in [7, 11) is 0. The summed E-state index contributed by atoms with van der Waals surface area (Å²) < 4.78 is 19.0. The molecular weight excluding hydrogens is 1810 g/mol. The highest BCUT2D eigenvalue weighted by Gasteiger charge is 2.37. The van der Waals surface area contributed by atoms with Crippen molar-refractivity contribution in [3.05, 3.63) is 490 Å². The second kappa shape index (κ2) is 33.0. The fraction of sp³-hybridized carbons (Fsp3) is 0.0221. The van der Waals surface area contributed by atoms with E-state index in [4.69, 9.17) is 29.3 Å². The normalized spacial score (nSPS) is 12.5. The molecule has 0 radical (unpaired) electrons. The van der Waals surface area contributed by atoms with E-state index in [0.717, 1.165) is 94.3 Å². The SMILES string of the molecule is CC1(C)c2ccccc2-c2ccc(-n3c4ccc5c(c6c7ccccc7ccc6n5-c5ccccc5)c4c4ccc5ccccc5c43)cc21.c1ccc(-c2cc(-c3ccccc3)nc(-n3c4ccc5ccccc5c4c4c5sc6cc7ccccc7cc6c5ccc43)n2)cc1.c1ccc(-c2nc(-c3ccccc3)nc(-c3ccc(-n4c5ccc6ccccc6c5c5c6oc7ccc8ccccc8c7c6ccc54)cc3)n2)cc1. The van der Waals surface area contributed by atoms with Gasteiger partial charge in [0.25, 0.3) is 0 Å². The summed E-state index contributed by atoms with van der Waals surface area (Å²) in [6, 6.07) is 172. The summed E-state index contributed by atoms with van der Waals surface area (Å²) in [5.41, 5.74) is 26.7. The molecule has 32 rings (SSSR count). The molecular formula is C136H85N9OS. The van der Waals surface area contributed by atoms with Gasteiger partial charge in [-0.15, -0.1) is 11.3 Å². The number of hydrogen-bond acceptors (Lipinski definition) is 7. The molecule has 0 amide bonds. The van der Waals surface area contributed by atoms with Gasteiger partial charge >= 0.3 is 0 Å². The lowest BCUT2D eigenvalue weighted by Crippen LogP contribution is -2.15. The molecule has 8 heterocycles. The number of hydrogen-bond donors (Lipinski definition) is 0. The van der Waals surface area contributed by atoms with Crippen LogP contribution in [0, 0.1) is 0 Å². The largest absolute Gasteiger partial charge is 0.455 e. The summed E-state index contributed by atoms with van der Waals surface area (Å²) in [4.78, 5) is 25.3. The van der Waals surface area contributed by atoms with Crippen molar-refractivity contribution in [2.24, 2.45) is 0 Å². The van der Waals surface area contributed by atoms with Crippen molar-refractivity contribution in [2.45, 2.75) is 19.3 Å². The van der Waals surface area contributed by atoms with Crippen LogP contribution < -0.4 is 0 Å². The number of furan rings is 1. The summed E-state index contributed by atoms with van der Waals surface area (Å²) in [5.74, 6) is 2.58. The molecule has 0 N–H and O–H groups in total. The van der Waals surface area contributed by atoms with E-state index in [-0.39, 0.29) is 5.41 Å². The van der Waals surface area contributed by atoms with E-state index in [9.17, 15) is 0 Å². The molecule has 31 aromatic rings. The first-order chi connectivity index (χ1) is 72.7. The van der Waals surface area contributed by atoms with E-state index >= 15 is 0 Å². The van der Waals surface area contributed by atoms with Crippen LogP contribution in [0.2, 0.25) is 0 Å². The predicted octanol–water partition coefficient (Wildman–Crippen LogP) is 36.3. The summed E-state index contributed by atoms with van der Waals surface area (Å²) in [5, 5.41) is 29.7. The van der Waals surface area contributed by atoms with Crippen LogP contribution in [0.5, 0.6) is 0 Å². The number of aromatic nitrogens is 9. The van der Waals surface area contributed by atoms with Gasteiger partial charge in [-0.1, -0.05) is 372 Å². The number of fused-ring (bicyclic) bond motifs is 35. The highest BCUT2D eigenvalue weighted by Crippen LogP contribution is 2.54. The maximum atomic E-state index is 6.82. The zero-order valence-corrected chi connectivity index (χ0v) is 80.8. The van der Waals surface area contributed by atoms with Crippen molar-refractivity contribution in [2.75, 3.05) is 0 Å². The Balaban J connectivity index is 0.000000102. The number of para-hydroxylation sites is 1. The smallest absolute Gasteiger partial charge is 0.235 e. The minimum Gasteiger partial charge on any atom is -0.455 e. The zero-order valence-electron chi connectivity index (χ0n) is 80.0. The average molecular weight is 1890 g/mol. The van der Waals surface area contributed by atoms with Gasteiger partial charge in [-0.2, -0.15) is 0 Å². The van der Waals surface area contributed by atoms with E-state index in [2.05, 4.69) is 439 Å². The van der Waals surface area contributed by atoms with Gasteiger partial charge in [0.2, 0.25) is 5.95 Å². The lowest BCUT2D eigenvalue weighted by molar-refractivity contribution is 0.660. The topological polar surface area (TPSA) is 97.3 Å². The molecule has 0 unspecified atom stereocenters. The average Bonchev–Trinajstić information content (AvgIpc) is 1.51. The summed E-state index contributed by atoms with van der Waals surface area (Å²) in [6.45, 7) is 4.74. The molecule has 0 bridgehead atoms. The third-order valence-electron chi connectivity index (χ3n) is 30.7. The maximum absolute atomic E-state index is 6.82. The second-order valence-corrected chi connectivity index (χ2v) is 40.2. The molecule has 0 aliphatic heterocycles. The molecule has 147 heavy (non-hydrogen) atoms. The lowest BCUT2D eigenvalue weighted by atomic mass is 9.82. The Hall–Kier alpha value is -19.1. The minimum atomic E-state index is -0.0853. The third-order valence-corrected chi connectivity index (χ3v) is 31.9. The van der Waals surface area contributed by atoms with Gasteiger partial charge in [-0.05, 0) is 203 Å². The molecule has 0 spiro atoms. The number of nitrogens with zero attached hydrogens (tertiary/aromatic N) is 9. The Morgan fingerprint density at radius 1 is 0.224 bits per heavy atom. The van der Waals surface area contributed by atoms with Crippen molar-refractivity contribution in [1.29, 1.82) is 0 Å². The first-order valence-electron chi connectivity index (χ1n) is 50.2. The lowest BCUT2D eigenvalue weighted by Gasteiger charge is -2.22. The number of rotatable bonds is 9. The van der Waals surface area contributed by atoms with Gasteiger partial charge in [0.1, 0.15) is 11.2 Å². The van der Waals surface area contributed by atoms with E-state index in [1.165, 1.54) is 178 Å². The van der Waals surface area contributed by atoms with E-state index < -0.39 is 0 Å².